The fraction of sp³-hybridized carbons (Fsp3) is 0.269. The molecule has 0 spiro atoms. The molecule has 0 N–H and O–H groups in total. The van der Waals surface area contributed by atoms with E-state index in [-0.39, 0.29) is 17.5 Å². The Morgan fingerprint density at radius 3 is 2.38 bits per heavy atom. The minimum absolute atomic E-state index is 0.0224. The van der Waals surface area contributed by atoms with E-state index in [0.29, 0.717) is 10.7 Å². The van der Waals surface area contributed by atoms with Gasteiger partial charge in [-0.3, -0.25) is 14.5 Å². The number of rotatable bonds is 5. The van der Waals surface area contributed by atoms with Crippen LogP contribution in [0.25, 0.3) is 11.8 Å². The van der Waals surface area contributed by atoms with Gasteiger partial charge in [-0.2, -0.15) is 0 Å². The third kappa shape index (κ3) is 4.21. The average Bonchev–Trinajstić information content (AvgIpc) is 3.42. The topological polar surface area (TPSA) is 81.8 Å². The Morgan fingerprint density at radius 1 is 1.06 bits per heavy atom. The number of furan rings is 1. The first-order valence-electron chi connectivity index (χ1n) is 10.8. The van der Waals surface area contributed by atoms with E-state index >= 15 is 0 Å². The number of esters is 1. The number of ether oxygens (including phenoxy) is 1. The molecule has 8 heteroatoms. The molecule has 1 aliphatic heterocycles. The second kappa shape index (κ2) is 9.02. The van der Waals surface area contributed by atoms with Gasteiger partial charge in [0, 0.05) is 11.4 Å². The van der Waals surface area contributed by atoms with Crippen LogP contribution in [-0.2, 0) is 16.1 Å². The summed E-state index contributed by atoms with van der Waals surface area (Å²) in [5, 5.41) is -0.383. The summed E-state index contributed by atoms with van der Waals surface area (Å²) in [6.07, 6.45) is 1.77. The van der Waals surface area contributed by atoms with Gasteiger partial charge in [0.2, 0.25) is 5.76 Å². The molecule has 0 bridgehead atoms. The predicted octanol–water partition coefficient (Wildman–Crippen LogP) is 5.64. The van der Waals surface area contributed by atoms with Gasteiger partial charge in [0.15, 0.2) is 0 Å². The van der Waals surface area contributed by atoms with Crippen molar-refractivity contribution in [2.24, 2.45) is 0 Å². The van der Waals surface area contributed by atoms with Crippen molar-refractivity contribution in [3.8, 4) is 5.69 Å². The van der Waals surface area contributed by atoms with E-state index < -0.39 is 11.9 Å². The molecule has 0 radical (unpaired) electrons. The van der Waals surface area contributed by atoms with E-state index in [1.807, 2.05) is 19.9 Å². The maximum Gasteiger partial charge on any atom is 0.373 e. The maximum absolute atomic E-state index is 13.0. The lowest BCUT2D eigenvalue weighted by Crippen LogP contribution is -2.27. The van der Waals surface area contributed by atoms with Crippen LogP contribution in [0.15, 0.2) is 39.7 Å². The van der Waals surface area contributed by atoms with Gasteiger partial charge in [0.25, 0.3) is 11.1 Å². The molecule has 2 aromatic heterocycles. The molecular formula is C26H26N2O5S. The molecule has 1 aliphatic rings. The van der Waals surface area contributed by atoms with Crippen LogP contribution in [0.4, 0.5) is 4.79 Å². The van der Waals surface area contributed by atoms with E-state index in [0.717, 1.165) is 39.3 Å². The monoisotopic (exact) mass is 478 g/mol. The van der Waals surface area contributed by atoms with Crippen molar-refractivity contribution in [2.75, 3.05) is 7.11 Å². The van der Waals surface area contributed by atoms with Crippen LogP contribution in [0.3, 0.4) is 0 Å². The van der Waals surface area contributed by atoms with Crippen LogP contribution in [0.5, 0.6) is 0 Å². The zero-order valence-electron chi connectivity index (χ0n) is 20.0. The van der Waals surface area contributed by atoms with Crippen LogP contribution in [0.2, 0.25) is 0 Å². The average molecular weight is 479 g/mol. The van der Waals surface area contributed by atoms with Gasteiger partial charge in [-0.25, -0.2) is 4.79 Å². The number of carbonyl (C=O) groups is 3. The van der Waals surface area contributed by atoms with E-state index in [1.54, 1.807) is 12.1 Å². The van der Waals surface area contributed by atoms with Crippen molar-refractivity contribution in [3.05, 3.63) is 80.4 Å². The molecule has 3 aromatic rings. The Balaban J connectivity index is 1.63. The van der Waals surface area contributed by atoms with Gasteiger partial charge >= 0.3 is 5.97 Å². The molecule has 1 saturated heterocycles. The molecule has 1 aromatic carbocycles. The molecular weight excluding hydrogens is 452 g/mol. The summed E-state index contributed by atoms with van der Waals surface area (Å²) < 4.78 is 12.2. The van der Waals surface area contributed by atoms with Crippen LogP contribution >= 0.6 is 11.8 Å². The zero-order valence-corrected chi connectivity index (χ0v) is 20.8. The van der Waals surface area contributed by atoms with E-state index in [1.165, 1.54) is 29.9 Å². The number of hydrogen-bond acceptors (Lipinski definition) is 6. The Morgan fingerprint density at radius 2 is 1.74 bits per heavy atom. The molecule has 3 heterocycles. The van der Waals surface area contributed by atoms with E-state index in [9.17, 15) is 14.4 Å². The minimum Gasteiger partial charge on any atom is -0.463 e. The number of amides is 2. The Bertz CT molecular complexity index is 1340. The fourth-order valence-corrected chi connectivity index (χ4v) is 5.24. The third-order valence-corrected chi connectivity index (χ3v) is 6.76. The zero-order chi connectivity index (χ0) is 24.7. The molecule has 34 heavy (non-hydrogen) atoms. The second-order valence-electron chi connectivity index (χ2n) is 8.43. The highest BCUT2D eigenvalue weighted by molar-refractivity contribution is 8.18. The van der Waals surface area contributed by atoms with Crippen molar-refractivity contribution >= 4 is 35.0 Å². The highest BCUT2D eigenvalue weighted by Crippen LogP contribution is 2.35. The summed E-state index contributed by atoms with van der Waals surface area (Å²) in [6.45, 7) is 10.3. The summed E-state index contributed by atoms with van der Waals surface area (Å²) in [5.41, 5.74) is 7.62. The van der Waals surface area contributed by atoms with Crippen molar-refractivity contribution in [2.45, 2.75) is 41.2 Å². The number of benzene rings is 1. The van der Waals surface area contributed by atoms with Crippen LogP contribution < -0.4 is 0 Å². The predicted molar refractivity (Wildman–Crippen MR) is 131 cm³/mol. The van der Waals surface area contributed by atoms with Gasteiger partial charge in [-0.15, -0.1) is 0 Å². The van der Waals surface area contributed by atoms with Crippen LogP contribution in [-0.4, -0.2) is 33.7 Å². The van der Waals surface area contributed by atoms with Gasteiger partial charge in [-0.1, -0.05) is 17.7 Å². The largest absolute Gasteiger partial charge is 0.463 e. The van der Waals surface area contributed by atoms with Crippen LogP contribution in [0.1, 0.15) is 50.0 Å². The van der Waals surface area contributed by atoms with Crippen molar-refractivity contribution in [3.63, 3.8) is 0 Å². The lowest BCUT2D eigenvalue weighted by molar-refractivity contribution is -0.123. The molecule has 0 unspecified atom stereocenters. The number of carbonyl (C=O) groups excluding carboxylic acids is 3. The van der Waals surface area contributed by atoms with Gasteiger partial charge < -0.3 is 13.7 Å². The van der Waals surface area contributed by atoms with E-state index in [4.69, 9.17) is 4.42 Å². The lowest BCUT2D eigenvalue weighted by atomic mass is 10.0. The first-order chi connectivity index (χ1) is 16.1. The van der Waals surface area contributed by atoms with Gasteiger partial charge in [0.1, 0.15) is 5.76 Å². The highest BCUT2D eigenvalue weighted by Gasteiger charge is 2.36. The lowest BCUT2D eigenvalue weighted by Gasteiger charge is -2.17. The number of aromatic nitrogens is 1. The molecule has 0 saturated carbocycles. The number of thioether (sulfide) groups is 1. The van der Waals surface area contributed by atoms with E-state index in [2.05, 4.69) is 42.2 Å². The Hall–Kier alpha value is -3.52. The number of nitrogens with zero attached hydrogens (tertiary/aromatic N) is 2. The van der Waals surface area contributed by atoms with Crippen LogP contribution in [0, 0.1) is 34.6 Å². The molecule has 7 nitrogen and oxygen atoms in total. The molecule has 1 fully saturated rings. The normalized spacial score (nSPS) is 15.0. The van der Waals surface area contributed by atoms with Crippen molar-refractivity contribution < 1.29 is 23.5 Å². The standard InChI is InChI=1S/C26H26N2O5S/c1-14-9-15(2)23(16(3)10-14)28-17(4)11-19(18(28)5)12-22-24(29)27(26(31)34-22)13-20-7-8-21(33-20)25(30)32-6/h7-12H,13H2,1-6H3. The summed E-state index contributed by atoms with van der Waals surface area (Å²) in [7, 11) is 1.25. The first-order valence-corrected chi connectivity index (χ1v) is 11.6. The van der Waals surface area contributed by atoms with Gasteiger partial charge in [-0.05, 0) is 87.3 Å². The number of methoxy groups -OCH3 is 1. The number of hydrogen-bond donors (Lipinski definition) is 0. The maximum atomic E-state index is 13.0. The molecule has 0 aliphatic carbocycles. The SMILES string of the molecule is COC(=O)c1ccc(CN2C(=O)SC(=Cc3cc(C)n(-c4c(C)cc(C)cc4C)c3C)C2=O)o1. The van der Waals surface area contributed by atoms with Gasteiger partial charge in [0.05, 0.1) is 24.2 Å². The van der Waals surface area contributed by atoms with Crippen molar-refractivity contribution in [1.29, 1.82) is 0 Å². The smallest absolute Gasteiger partial charge is 0.373 e. The summed E-state index contributed by atoms with van der Waals surface area (Å²) in [4.78, 5) is 38.6. The Labute approximate surface area is 202 Å². The summed E-state index contributed by atoms with van der Waals surface area (Å²) in [6, 6.07) is 9.36. The molecule has 176 valence electrons. The fourth-order valence-electron chi connectivity index (χ4n) is 4.41. The highest BCUT2D eigenvalue weighted by atomic mass is 32.2. The number of aryl methyl sites for hydroxylation is 4. The first kappa shape index (κ1) is 23.6. The molecule has 2 amide bonds. The summed E-state index contributed by atoms with van der Waals surface area (Å²) in [5.74, 6) is -0.658. The third-order valence-electron chi connectivity index (χ3n) is 5.85. The molecule has 0 atom stereocenters. The van der Waals surface area contributed by atoms with Crippen molar-refractivity contribution in [1.82, 2.24) is 9.47 Å². The number of imide groups is 1. The summed E-state index contributed by atoms with van der Waals surface area (Å²) >= 11 is 0.897. The Kier molecular flexibility index (Phi) is 6.27. The molecule has 4 rings (SSSR count). The quantitative estimate of drug-likeness (QED) is 0.349. The second-order valence-corrected chi connectivity index (χ2v) is 9.43. The minimum atomic E-state index is -0.616.